The lowest BCUT2D eigenvalue weighted by atomic mass is 9.72. The molecule has 1 aliphatic heterocycles. The zero-order valence-corrected chi connectivity index (χ0v) is 20.2. The normalized spacial score (nSPS) is 31.5. The second-order valence-electron chi connectivity index (χ2n) is 9.56. The third-order valence-corrected chi connectivity index (χ3v) is 6.20. The van der Waals surface area contributed by atoms with Crippen molar-refractivity contribution in [3.63, 3.8) is 0 Å². The lowest BCUT2D eigenvalue weighted by molar-refractivity contribution is -0.291. The number of hydrogen-bond donors (Lipinski definition) is 4. The van der Waals surface area contributed by atoms with Gasteiger partial charge >= 0.3 is 5.97 Å². The number of esters is 1. The van der Waals surface area contributed by atoms with Crippen LogP contribution in [0.5, 0.6) is 0 Å². The van der Waals surface area contributed by atoms with Crippen LogP contribution < -0.4 is 0 Å². The van der Waals surface area contributed by atoms with Gasteiger partial charge in [0.2, 0.25) is 6.29 Å². The SMILES string of the molecule is CC(C=CC1=C(C)CCCC1(C)C)=CC=CC(C)=CC(=O)O[C@@H]1O[C@H](CO)[C@H](O)[C@H](O)[C@H]1O. The van der Waals surface area contributed by atoms with Crippen molar-refractivity contribution in [3.8, 4) is 0 Å². The van der Waals surface area contributed by atoms with E-state index in [2.05, 4.69) is 32.9 Å². The Labute approximate surface area is 196 Å². The summed E-state index contributed by atoms with van der Waals surface area (Å²) in [6, 6.07) is 0. The Morgan fingerprint density at radius 3 is 2.45 bits per heavy atom. The number of ether oxygens (including phenoxy) is 2. The molecule has 5 atom stereocenters. The van der Waals surface area contributed by atoms with Crippen LogP contribution in [0.25, 0.3) is 0 Å². The maximum Gasteiger partial charge on any atom is 0.333 e. The van der Waals surface area contributed by atoms with Crippen LogP contribution in [0, 0.1) is 5.41 Å². The fraction of sp³-hybridized carbons (Fsp3) is 0.577. The van der Waals surface area contributed by atoms with Crippen LogP contribution in [0.15, 0.2) is 58.7 Å². The topological polar surface area (TPSA) is 116 Å². The van der Waals surface area contributed by atoms with Gasteiger partial charge in [0, 0.05) is 6.08 Å². The number of allylic oxidation sites excluding steroid dienone is 9. The van der Waals surface area contributed by atoms with Gasteiger partial charge in [-0.2, -0.15) is 0 Å². The third kappa shape index (κ3) is 7.48. The summed E-state index contributed by atoms with van der Waals surface area (Å²) in [6.07, 6.45) is 7.29. The number of aliphatic hydroxyl groups excluding tert-OH is 4. The zero-order chi connectivity index (χ0) is 24.8. The van der Waals surface area contributed by atoms with Crippen molar-refractivity contribution in [2.75, 3.05) is 6.61 Å². The molecule has 1 heterocycles. The first-order valence-corrected chi connectivity index (χ1v) is 11.4. The largest absolute Gasteiger partial charge is 0.430 e. The molecule has 0 bridgehead atoms. The standard InChI is InChI=1S/C26H38O7/c1-16(11-12-19-18(3)10-7-13-26(19,4)5)8-6-9-17(2)14-21(28)33-25-24(31)23(30)22(29)20(15-27)32-25/h6,8-9,11-12,14,20,22-25,27,29-31H,7,10,13,15H2,1-5H3/t20-,22+,23+,24-,25+/m1/s1. The molecule has 2 aliphatic rings. The maximum atomic E-state index is 12.2. The van der Waals surface area contributed by atoms with Crippen molar-refractivity contribution in [3.05, 3.63) is 58.7 Å². The van der Waals surface area contributed by atoms with E-state index in [1.54, 1.807) is 13.0 Å². The first kappa shape index (κ1) is 27.2. The van der Waals surface area contributed by atoms with Crippen molar-refractivity contribution < 1.29 is 34.7 Å². The smallest absolute Gasteiger partial charge is 0.333 e. The van der Waals surface area contributed by atoms with E-state index in [1.165, 1.54) is 30.1 Å². The van der Waals surface area contributed by atoms with E-state index in [0.717, 1.165) is 12.0 Å². The van der Waals surface area contributed by atoms with Gasteiger partial charge in [0.25, 0.3) is 0 Å². The molecule has 2 rings (SSSR count). The van der Waals surface area contributed by atoms with Crippen molar-refractivity contribution >= 4 is 5.97 Å². The zero-order valence-electron chi connectivity index (χ0n) is 20.2. The van der Waals surface area contributed by atoms with Gasteiger partial charge in [-0.1, -0.05) is 55.4 Å². The van der Waals surface area contributed by atoms with Gasteiger partial charge in [-0.15, -0.1) is 0 Å². The molecule has 4 N–H and O–H groups in total. The minimum absolute atomic E-state index is 0.190. The molecule has 1 aliphatic carbocycles. The first-order valence-electron chi connectivity index (χ1n) is 11.4. The van der Waals surface area contributed by atoms with Gasteiger partial charge < -0.3 is 29.9 Å². The molecule has 7 nitrogen and oxygen atoms in total. The predicted octanol–water partition coefficient (Wildman–Crippen LogP) is 2.86. The highest BCUT2D eigenvalue weighted by atomic mass is 16.7. The summed E-state index contributed by atoms with van der Waals surface area (Å²) in [4.78, 5) is 12.2. The number of rotatable bonds is 7. The van der Waals surface area contributed by atoms with Crippen molar-refractivity contribution in [2.45, 2.75) is 84.6 Å². The number of carbonyl (C=O) groups is 1. The highest BCUT2D eigenvalue weighted by Crippen LogP contribution is 2.40. The Morgan fingerprint density at radius 2 is 1.82 bits per heavy atom. The van der Waals surface area contributed by atoms with Crippen molar-refractivity contribution in [2.24, 2.45) is 5.41 Å². The summed E-state index contributed by atoms with van der Waals surface area (Å²) < 4.78 is 10.2. The molecule has 0 unspecified atom stereocenters. The third-order valence-electron chi connectivity index (χ3n) is 6.20. The van der Waals surface area contributed by atoms with Gasteiger partial charge in [-0.05, 0) is 56.6 Å². The molecule has 0 radical (unpaired) electrons. The highest BCUT2D eigenvalue weighted by molar-refractivity contribution is 5.83. The second kappa shape index (κ2) is 11.9. The molecule has 7 heteroatoms. The fourth-order valence-electron chi connectivity index (χ4n) is 4.18. The molecule has 0 aromatic heterocycles. The van der Waals surface area contributed by atoms with Crippen LogP contribution in [0.4, 0.5) is 0 Å². The van der Waals surface area contributed by atoms with Gasteiger partial charge in [0.15, 0.2) is 0 Å². The Kier molecular flexibility index (Phi) is 9.82. The predicted molar refractivity (Wildman–Crippen MR) is 126 cm³/mol. The lowest BCUT2D eigenvalue weighted by Crippen LogP contribution is -2.59. The van der Waals surface area contributed by atoms with Gasteiger partial charge in [0.1, 0.15) is 24.4 Å². The molecule has 0 spiro atoms. The summed E-state index contributed by atoms with van der Waals surface area (Å²) >= 11 is 0. The van der Waals surface area contributed by atoms with Crippen LogP contribution in [0.1, 0.15) is 53.9 Å². The molecule has 0 aromatic rings. The Balaban J connectivity index is 1.96. The van der Waals surface area contributed by atoms with Crippen LogP contribution in [-0.2, 0) is 14.3 Å². The van der Waals surface area contributed by atoms with Gasteiger partial charge in [-0.3, -0.25) is 0 Å². The van der Waals surface area contributed by atoms with E-state index in [9.17, 15) is 25.2 Å². The van der Waals surface area contributed by atoms with E-state index < -0.39 is 43.3 Å². The number of carbonyl (C=O) groups excluding carboxylic acids is 1. The second-order valence-corrected chi connectivity index (χ2v) is 9.56. The molecule has 1 saturated heterocycles. The van der Waals surface area contributed by atoms with E-state index in [1.807, 2.05) is 19.1 Å². The lowest BCUT2D eigenvalue weighted by Gasteiger charge is -2.38. The summed E-state index contributed by atoms with van der Waals surface area (Å²) in [5.41, 5.74) is 4.73. The molecule has 0 aromatic carbocycles. The molecular weight excluding hydrogens is 424 g/mol. The molecule has 0 amide bonds. The average molecular weight is 463 g/mol. The van der Waals surface area contributed by atoms with Gasteiger partial charge in [0.05, 0.1) is 6.61 Å². The monoisotopic (exact) mass is 462 g/mol. The highest BCUT2D eigenvalue weighted by Gasteiger charge is 2.45. The molecular formula is C26H38O7. The van der Waals surface area contributed by atoms with Crippen molar-refractivity contribution in [1.29, 1.82) is 0 Å². The molecule has 1 fully saturated rings. The van der Waals surface area contributed by atoms with Crippen LogP contribution in [0.2, 0.25) is 0 Å². The number of aliphatic hydroxyl groups is 4. The van der Waals surface area contributed by atoms with Crippen molar-refractivity contribution in [1.82, 2.24) is 0 Å². The summed E-state index contributed by atoms with van der Waals surface area (Å²) in [5.74, 6) is -0.774. The van der Waals surface area contributed by atoms with E-state index in [-0.39, 0.29) is 5.41 Å². The molecule has 33 heavy (non-hydrogen) atoms. The number of hydrogen-bond acceptors (Lipinski definition) is 7. The fourth-order valence-corrected chi connectivity index (χ4v) is 4.18. The summed E-state index contributed by atoms with van der Waals surface area (Å²) in [6.45, 7) is 9.92. The minimum Gasteiger partial charge on any atom is -0.430 e. The first-order chi connectivity index (χ1) is 15.5. The summed E-state index contributed by atoms with van der Waals surface area (Å²) in [5, 5.41) is 38.7. The summed E-state index contributed by atoms with van der Waals surface area (Å²) in [7, 11) is 0. The van der Waals surface area contributed by atoms with E-state index in [0.29, 0.717) is 5.57 Å². The minimum atomic E-state index is -1.62. The Bertz CT molecular complexity index is 845. The molecule has 0 saturated carbocycles. The van der Waals surface area contributed by atoms with Gasteiger partial charge in [-0.25, -0.2) is 4.79 Å². The average Bonchev–Trinajstić information content (AvgIpc) is 2.73. The maximum absolute atomic E-state index is 12.2. The Morgan fingerprint density at radius 1 is 1.12 bits per heavy atom. The van der Waals surface area contributed by atoms with Crippen LogP contribution in [-0.4, -0.2) is 63.7 Å². The molecule has 184 valence electrons. The van der Waals surface area contributed by atoms with Crippen LogP contribution in [0.3, 0.4) is 0 Å². The quantitative estimate of drug-likeness (QED) is 0.261. The van der Waals surface area contributed by atoms with Crippen LogP contribution >= 0.6 is 0 Å². The van der Waals surface area contributed by atoms with E-state index in [4.69, 9.17) is 9.47 Å². The van der Waals surface area contributed by atoms with E-state index >= 15 is 0 Å². The Hall–Kier alpha value is -2.03.